The molecule has 0 radical (unpaired) electrons. The Morgan fingerprint density at radius 1 is 1.50 bits per heavy atom. The summed E-state index contributed by atoms with van der Waals surface area (Å²) in [6, 6.07) is 3.89. The van der Waals surface area contributed by atoms with Crippen molar-refractivity contribution >= 4 is 11.6 Å². The van der Waals surface area contributed by atoms with Crippen molar-refractivity contribution in [3.05, 3.63) is 33.9 Å². The number of methoxy groups -OCH3 is 1. The van der Waals surface area contributed by atoms with Crippen LogP contribution in [0.1, 0.15) is 23.7 Å². The standard InChI is InChI=1S/C13H18N2O5/c1-3-14(7-4-8-16)13(17)11-6-5-10(15(18)19)9-12(11)20-2/h5-6,9,16H,3-4,7-8H2,1-2H3. The number of nitro benzene ring substituents is 1. The highest BCUT2D eigenvalue weighted by molar-refractivity contribution is 5.97. The molecule has 0 heterocycles. The summed E-state index contributed by atoms with van der Waals surface area (Å²) in [5.41, 5.74) is 0.148. The number of ether oxygens (including phenoxy) is 1. The predicted octanol–water partition coefficient (Wildman–Crippen LogP) is 1.45. The fraction of sp³-hybridized carbons (Fsp3) is 0.462. The van der Waals surface area contributed by atoms with Gasteiger partial charge in [0.05, 0.1) is 23.7 Å². The molecule has 0 aliphatic carbocycles. The van der Waals surface area contributed by atoms with Crippen molar-refractivity contribution in [2.24, 2.45) is 0 Å². The van der Waals surface area contributed by atoms with E-state index in [0.29, 0.717) is 19.5 Å². The van der Waals surface area contributed by atoms with Crippen LogP contribution in [0.4, 0.5) is 5.69 Å². The monoisotopic (exact) mass is 282 g/mol. The average Bonchev–Trinajstić information content (AvgIpc) is 2.46. The van der Waals surface area contributed by atoms with Crippen LogP contribution in [0.3, 0.4) is 0 Å². The molecule has 1 amide bonds. The van der Waals surface area contributed by atoms with Crippen molar-refractivity contribution in [1.29, 1.82) is 0 Å². The van der Waals surface area contributed by atoms with Gasteiger partial charge in [0.2, 0.25) is 0 Å². The molecule has 20 heavy (non-hydrogen) atoms. The van der Waals surface area contributed by atoms with E-state index in [1.54, 1.807) is 4.90 Å². The molecule has 0 saturated heterocycles. The molecular weight excluding hydrogens is 264 g/mol. The smallest absolute Gasteiger partial charge is 0.273 e. The van der Waals surface area contributed by atoms with Crippen LogP contribution in [0.15, 0.2) is 18.2 Å². The van der Waals surface area contributed by atoms with Crippen molar-refractivity contribution in [2.75, 3.05) is 26.8 Å². The van der Waals surface area contributed by atoms with Crippen molar-refractivity contribution in [2.45, 2.75) is 13.3 Å². The van der Waals surface area contributed by atoms with Gasteiger partial charge in [-0.25, -0.2) is 0 Å². The number of aliphatic hydroxyl groups excluding tert-OH is 1. The molecule has 1 rings (SSSR count). The van der Waals surface area contributed by atoms with Gasteiger partial charge in [-0.15, -0.1) is 0 Å². The number of benzene rings is 1. The lowest BCUT2D eigenvalue weighted by molar-refractivity contribution is -0.384. The number of nitrogens with zero attached hydrogens (tertiary/aromatic N) is 2. The van der Waals surface area contributed by atoms with E-state index in [4.69, 9.17) is 9.84 Å². The van der Waals surface area contributed by atoms with E-state index in [1.165, 1.54) is 25.3 Å². The minimum atomic E-state index is -0.542. The number of carbonyl (C=O) groups excluding carboxylic acids is 1. The lowest BCUT2D eigenvalue weighted by atomic mass is 10.1. The molecule has 0 bridgehead atoms. The lowest BCUT2D eigenvalue weighted by Gasteiger charge is -2.21. The maximum atomic E-state index is 12.3. The average molecular weight is 282 g/mol. The molecule has 0 atom stereocenters. The fourth-order valence-electron chi connectivity index (χ4n) is 1.81. The van der Waals surface area contributed by atoms with Crippen LogP contribution in [0.2, 0.25) is 0 Å². The van der Waals surface area contributed by atoms with Crippen molar-refractivity contribution in [1.82, 2.24) is 4.90 Å². The third-order valence-electron chi connectivity index (χ3n) is 2.88. The normalized spacial score (nSPS) is 10.2. The summed E-state index contributed by atoms with van der Waals surface area (Å²) in [5.74, 6) is -0.0978. The number of hydrogen-bond donors (Lipinski definition) is 1. The van der Waals surface area contributed by atoms with Crippen molar-refractivity contribution in [3.8, 4) is 5.75 Å². The Hall–Kier alpha value is -2.15. The zero-order valence-corrected chi connectivity index (χ0v) is 11.5. The highest BCUT2D eigenvalue weighted by atomic mass is 16.6. The van der Waals surface area contributed by atoms with E-state index in [9.17, 15) is 14.9 Å². The van der Waals surface area contributed by atoms with Crippen LogP contribution in [0, 0.1) is 10.1 Å². The minimum Gasteiger partial charge on any atom is -0.496 e. The zero-order chi connectivity index (χ0) is 15.1. The molecule has 1 aromatic rings. The second kappa shape index (κ2) is 7.44. The number of non-ortho nitro benzene ring substituents is 1. The highest BCUT2D eigenvalue weighted by Gasteiger charge is 2.20. The summed E-state index contributed by atoms with van der Waals surface area (Å²) in [6.07, 6.45) is 0.481. The van der Waals surface area contributed by atoms with Gasteiger partial charge >= 0.3 is 0 Å². The second-order valence-electron chi connectivity index (χ2n) is 4.10. The summed E-state index contributed by atoms with van der Waals surface area (Å²) in [4.78, 5) is 24.1. The molecule has 0 aliphatic heterocycles. The molecule has 1 aromatic carbocycles. The van der Waals surface area contributed by atoms with E-state index < -0.39 is 4.92 Å². The number of amides is 1. The van der Waals surface area contributed by atoms with Gasteiger partial charge in [-0.05, 0) is 19.4 Å². The molecule has 0 saturated carbocycles. The molecule has 0 unspecified atom stereocenters. The number of rotatable bonds is 7. The number of aliphatic hydroxyl groups is 1. The van der Waals surface area contributed by atoms with E-state index in [-0.39, 0.29) is 29.5 Å². The van der Waals surface area contributed by atoms with Crippen molar-refractivity contribution < 1.29 is 19.6 Å². The first-order valence-corrected chi connectivity index (χ1v) is 6.27. The van der Waals surface area contributed by atoms with Gasteiger partial charge in [-0.3, -0.25) is 14.9 Å². The quantitative estimate of drug-likeness (QED) is 0.603. The topological polar surface area (TPSA) is 92.9 Å². The van der Waals surface area contributed by atoms with E-state index in [1.807, 2.05) is 6.92 Å². The Morgan fingerprint density at radius 3 is 2.70 bits per heavy atom. The molecule has 7 nitrogen and oxygen atoms in total. The maximum Gasteiger partial charge on any atom is 0.273 e. The zero-order valence-electron chi connectivity index (χ0n) is 11.5. The summed E-state index contributed by atoms with van der Waals surface area (Å²) in [5, 5.41) is 19.5. The molecule has 1 N–H and O–H groups in total. The predicted molar refractivity (Wildman–Crippen MR) is 72.9 cm³/mol. The van der Waals surface area contributed by atoms with Crippen LogP contribution >= 0.6 is 0 Å². The third kappa shape index (κ3) is 3.67. The molecule has 0 aromatic heterocycles. The van der Waals surface area contributed by atoms with Crippen LogP contribution in [0.25, 0.3) is 0 Å². The Bertz CT molecular complexity index is 490. The second-order valence-corrected chi connectivity index (χ2v) is 4.10. The Kier molecular flexibility index (Phi) is 5.92. The van der Waals surface area contributed by atoms with Crippen LogP contribution < -0.4 is 4.74 Å². The summed E-state index contributed by atoms with van der Waals surface area (Å²) >= 11 is 0. The molecular formula is C13H18N2O5. The molecule has 0 aliphatic rings. The number of carbonyl (C=O) groups is 1. The highest BCUT2D eigenvalue weighted by Crippen LogP contribution is 2.25. The maximum absolute atomic E-state index is 12.3. The summed E-state index contributed by atoms with van der Waals surface area (Å²) in [6.45, 7) is 2.74. The van der Waals surface area contributed by atoms with Gasteiger partial charge < -0.3 is 14.7 Å². The van der Waals surface area contributed by atoms with Gasteiger partial charge in [0, 0.05) is 25.8 Å². The van der Waals surface area contributed by atoms with Crippen LogP contribution in [0.5, 0.6) is 5.75 Å². The summed E-state index contributed by atoms with van der Waals surface area (Å²) in [7, 11) is 1.36. The molecule has 0 fully saturated rings. The molecule has 7 heteroatoms. The van der Waals surface area contributed by atoms with Crippen LogP contribution in [-0.4, -0.2) is 47.6 Å². The SMILES string of the molecule is CCN(CCCO)C(=O)c1ccc([N+](=O)[O-])cc1OC. The largest absolute Gasteiger partial charge is 0.496 e. The van der Waals surface area contributed by atoms with E-state index in [2.05, 4.69) is 0 Å². The number of hydrogen-bond acceptors (Lipinski definition) is 5. The first-order valence-electron chi connectivity index (χ1n) is 6.27. The minimum absolute atomic E-state index is 0.00117. The first kappa shape index (κ1) is 15.9. The Balaban J connectivity index is 3.04. The first-order chi connectivity index (χ1) is 9.54. The van der Waals surface area contributed by atoms with Gasteiger partial charge in [0.1, 0.15) is 5.75 Å². The molecule has 0 spiro atoms. The molecule has 110 valence electrons. The number of nitro groups is 1. The van der Waals surface area contributed by atoms with Gasteiger partial charge in [0.25, 0.3) is 11.6 Å². The van der Waals surface area contributed by atoms with Gasteiger partial charge in [-0.2, -0.15) is 0 Å². The van der Waals surface area contributed by atoms with E-state index in [0.717, 1.165) is 0 Å². The van der Waals surface area contributed by atoms with Gasteiger partial charge in [-0.1, -0.05) is 0 Å². The van der Waals surface area contributed by atoms with Gasteiger partial charge in [0.15, 0.2) is 0 Å². The Labute approximate surface area is 116 Å². The lowest BCUT2D eigenvalue weighted by Crippen LogP contribution is -2.32. The fourth-order valence-corrected chi connectivity index (χ4v) is 1.81. The summed E-state index contributed by atoms with van der Waals surface area (Å²) < 4.78 is 5.06. The Morgan fingerprint density at radius 2 is 2.20 bits per heavy atom. The van der Waals surface area contributed by atoms with Crippen molar-refractivity contribution in [3.63, 3.8) is 0 Å². The van der Waals surface area contributed by atoms with Crippen LogP contribution in [-0.2, 0) is 0 Å². The third-order valence-corrected chi connectivity index (χ3v) is 2.88. The van der Waals surface area contributed by atoms with E-state index >= 15 is 0 Å².